The number of fused-ring (bicyclic) bond motifs is 2. The van der Waals surface area contributed by atoms with E-state index in [1.165, 1.54) is 6.20 Å². The van der Waals surface area contributed by atoms with Crippen molar-refractivity contribution in [2.45, 2.75) is 0 Å². The molecule has 1 amide bonds. The van der Waals surface area contributed by atoms with Crippen LogP contribution in [0.15, 0.2) is 79.0 Å². The highest BCUT2D eigenvalue weighted by molar-refractivity contribution is 6.03. The van der Waals surface area contributed by atoms with Gasteiger partial charge in [0.05, 0.1) is 28.3 Å². The molecule has 140 valence electrons. The van der Waals surface area contributed by atoms with Crippen LogP contribution in [0.2, 0.25) is 0 Å². The number of aromatic nitrogens is 4. The van der Waals surface area contributed by atoms with Gasteiger partial charge >= 0.3 is 0 Å². The van der Waals surface area contributed by atoms with Crippen molar-refractivity contribution in [2.75, 3.05) is 5.32 Å². The standard InChI is InChI=1S/C23H17N5O/c1-28-21-9-5-4-8-19(21)27-22(28)15-10-12-16(13-11-15)25-23(29)20-14-24-17-6-2-3-7-18(17)26-20/h2-14H,1H3,(H,25,29). The van der Waals surface area contributed by atoms with Gasteiger partial charge < -0.3 is 9.88 Å². The molecule has 0 radical (unpaired) electrons. The second-order valence-corrected chi connectivity index (χ2v) is 6.76. The Balaban J connectivity index is 1.39. The summed E-state index contributed by atoms with van der Waals surface area (Å²) < 4.78 is 2.06. The van der Waals surface area contributed by atoms with Gasteiger partial charge in [-0.05, 0) is 48.5 Å². The Kier molecular flexibility index (Phi) is 4.02. The molecule has 0 aliphatic rings. The van der Waals surface area contributed by atoms with Crippen molar-refractivity contribution in [2.24, 2.45) is 7.05 Å². The molecule has 0 saturated heterocycles. The van der Waals surface area contributed by atoms with Crippen molar-refractivity contribution in [1.29, 1.82) is 0 Å². The number of aryl methyl sites for hydroxylation is 1. The number of nitrogens with one attached hydrogen (secondary N) is 1. The predicted molar refractivity (Wildman–Crippen MR) is 114 cm³/mol. The average Bonchev–Trinajstić information content (AvgIpc) is 3.10. The number of nitrogens with zero attached hydrogens (tertiary/aromatic N) is 4. The molecule has 5 rings (SSSR count). The third-order valence-electron chi connectivity index (χ3n) is 4.87. The van der Waals surface area contributed by atoms with Crippen LogP contribution in [-0.4, -0.2) is 25.4 Å². The van der Waals surface area contributed by atoms with Gasteiger partial charge in [-0.25, -0.2) is 9.97 Å². The molecule has 6 nitrogen and oxygen atoms in total. The van der Waals surface area contributed by atoms with Gasteiger partial charge in [-0.2, -0.15) is 0 Å². The third-order valence-corrected chi connectivity index (χ3v) is 4.87. The van der Waals surface area contributed by atoms with E-state index in [4.69, 9.17) is 4.98 Å². The summed E-state index contributed by atoms with van der Waals surface area (Å²) in [6.07, 6.45) is 1.49. The molecule has 0 aliphatic carbocycles. The summed E-state index contributed by atoms with van der Waals surface area (Å²) in [6, 6.07) is 23.1. The van der Waals surface area contributed by atoms with Crippen LogP contribution in [0.5, 0.6) is 0 Å². The SMILES string of the molecule is Cn1c(-c2ccc(NC(=O)c3cnc4ccccc4n3)cc2)nc2ccccc21. The van der Waals surface area contributed by atoms with Crippen molar-refractivity contribution in [1.82, 2.24) is 19.5 Å². The van der Waals surface area contributed by atoms with E-state index in [1.807, 2.05) is 79.8 Å². The summed E-state index contributed by atoms with van der Waals surface area (Å²) >= 11 is 0. The molecule has 6 heteroatoms. The highest BCUT2D eigenvalue weighted by Crippen LogP contribution is 2.25. The molecule has 0 saturated carbocycles. The smallest absolute Gasteiger partial charge is 0.275 e. The number of benzene rings is 3. The zero-order chi connectivity index (χ0) is 19.8. The minimum atomic E-state index is -0.293. The molecule has 1 N–H and O–H groups in total. The van der Waals surface area contributed by atoms with E-state index in [-0.39, 0.29) is 11.6 Å². The van der Waals surface area contributed by atoms with Crippen LogP contribution < -0.4 is 5.32 Å². The largest absolute Gasteiger partial charge is 0.327 e. The molecule has 5 aromatic rings. The lowest BCUT2D eigenvalue weighted by molar-refractivity contribution is 0.102. The molecule has 0 atom stereocenters. The number of anilines is 1. The first-order chi connectivity index (χ1) is 14.2. The number of carbonyl (C=O) groups is 1. The van der Waals surface area contributed by atoms with Gasteiger partial charge in [0.15, 0.2) is 0 Å². The van der Waals surface area contributed by atoms with E-state index in [0.717, 1.165) is 27.9 Å². The number of imidazole rings is 1. The number of amides is 1. The maximum atomic E-state index is 12.6. The monoisotopic (exact) mass is 379 g/mol. The molecule has 0 spiro atoms. The molecule has 2 heterocycles. The maximum Gasteiger partial charge on any atom is 0.275 e. The fraction of sp³-hybridized carbons (Fsp3) is 0.0435. The highest BCUT2D eigenvalue weighted by Gasteiger charge is 2.12. The van der Waals surface area contributed by atoms with E-state index in [2.05, 4.69) is 19.9 Å². The Hall–Kier alpha value is -4.06. The molecular weight excluding hydrogens is 362 g/mol. The van der Waals surface area contributed by atoms with E-state index < -0.39 is 0 Å². The molecule has 2 aromatic heterocycles. The fourth-order valence-electron chi connectivity index (χ4n) is 3.37. The van der Waals surface area contributed by atoms with Gasteiger partial charge in [0.25, 0.3) is 5.91 Å². The average molecular weight is 379 g/mol. The van der Waals surface area contributed by atoms with Gasteiger partial charge in [0, 0.05) is 18.3 Å². The van der Waals surface area contributed by atoms with Crippen molar-refractivity contribution in [3.05, 3.63) is 84.7 Å². The number of hydrogen-bond acceptors (Lipinski definition) is 4. The molecular formula is C23H17N5O. The fourth-order valence-corrected chi connectivity index (χ4v) is 3.37. The van der Waals surface area contributed by atoms with Crippen LogP contribution in [0.3, 0.4) is 0 Å². The molecule has 29 heavy (non-hydrogen) atoms. The first-order valence-electron chi connectivity index (χ1n) is 9.24. The Morgan fingerprint density at radius 3 is 2.28 bits per heavy atom. The van der Waals surface area contributed by atoms with Crippen molar-refractivity contribution < 1.29 is 4.79 Å². The molecule has 0 bridgehead atoms. The molecule has 0 aliphatic heterocycles. The van der Waals surface area contributed by atoms with Crippen LogP contribution >= 0.6 is 0 Å². The quantitative estimate of drug-likeness (QED) is 0.503. The minimum Gasteiger partial charge on any atom is -0.327 e. The first-order valence-corrected chi connectivity index (χ1v) is 9.24. The lowest BCUT2D eigenvalue weighted by Gasteiger charge is -2.07. The third kappa shape index (κ3) is 3.10. The second-order valence-electron chi connectivity index (χ2n) is 6.76. The molecule has 0 unspecified atom stereocenters. The first kappa shape index (κ1) is 17.1. The number of rotatable bonds is 3. The Labute approximate surface area is 166 Å². The minimum absolute atomic E-state index is 0.281. The van der Waals surface area contributed by atoms with Crippen molar-refractivity contribution in [3.63, 3.8) is 0 Å². The second kappa shape index (κ2) is 6.83. The highest BCUT2D eigenvalue weighted by atomic mass is 16.1. The van der Waals surface area contributed by atoms with E-state index >= 15 is 0 Å². The normalized spacial score (nSPS) is 11.1. The van der Waals surface area contributed by atoms with Gasteiger partial charge in [-0.1, -0.05) is 24.3 Å². The van der Waals surface area contributed by atoms with Gasteiger partial charge in [0.2, 0.25) is 0 Å². The van der Waals surface area contributed by atoms with Crippen LogP contribution in [-0.2, 0) is 7.05 Å². The zero-order valence-corrected chi connectivity index (χ0v) is 15.7. The van der Waals surface area contributed by atoms with E-state index in [9.17, 15) is 4.79 Å². The van der Waals surface area contributed by atoms with Gasteiger partial charge in [0.1, 0.15) is 11.5 Å². The van der Waals surface area contributed by atoms with Crippen LogP contribution in [0.1, 0.15) is 10.5 Å². The number of hydrogen-bond donors (Lipinski definition) is 1. The summed E-state index contributed by atoms with van der Waals surface area (Å²) in [7, 11) is 2.00. The van der Waals surface area contributed by atoms with Crippen molar-refractivity contribution >= 4 is 33.7 Å². The van der Waals surface area contributed by atoms with E-state index in [1.54, 1.807) is 0 Å². The van der Waals surface area contributed by atoms with Crippen LogP contribution in [0.4, 0.5) is 5.69 Å². The van der Waals surface area contributed by atoms with Crippen LogP contribution in [0, 0.1) is 0 Å². The topological polar surface area (TPSA) is 72.7 Å². The lowest BCUT2D eigenvalue weighted by atomic mass is 10.2. The van der Waals surface area contributed by atoms with Gasteiger partial charge in [-0.3, -0.25) is 9.78 Å². The molecule has 3 aromatic carbocycles. The zero-order valence-electron chi connectivity index (χ0n) is 15.7. The Morgan fingerprint density at radius 2 is 1.52 bits per heavy atom. The van der Waals surface area contributed by atoms with Crippen molar-refractivity contribution in [3.8, 4) is 11.4 Å². The summed E-state index contributed by atoms with van der Waals surface area (Å²) in [6.45, 7) is 0. The summed E-state index contributed by atoms with van der Waals surface area (Å²) in [5, 5.41) is 2.87. The predicted octanol–water partition coefficient (Wildman–Crippen LogP) is 4.44. The Bertz CT molecular complexity index is 1360. The molecule has 0 fully saturated rings. The summed E-state index contributed by atoms with van der Waals surface area (Å²) in [5.74, 6) is 0.586. The number of carbonyl (C=O) groups excluding carboxylic acids is 1. The summed E-state index contributed by atoms with van der Waals surface area (Å²) in [4.78, 5) is 25.9. The maximum absolute atomic E-state index is 12.6. The summed E-state index contributed by atoms with van der Waals surface area (Å²) in [5.41, 5.74) is 5.43. The lowest BCUT2D eigenvalue weighted by Crippen LogP contribution is -2.14. The van der Waals surface area contributed by atoms with E-state index in [0.29, 0.717) is 11.2 Å². The van der Waals surface area contributed by atoms with Gasteiger partial charge in [-0.15, -0.1) is 0 Å². The number of para-hydroxylation sites is 4. The van der Waals surface area contributed by atoms with Crippen LogP contribution in [0.25, 0.3) is 33.5 Å². The Morgan fingerprint density at radius 1 is 0.828 bits per heavy atom.